The summed E-state index contributed by atoms with van der Waals surface area (Å²) >= 11 is 1.58. The van der Waals surface area contributed by atoms with Crippen LogP contribution in [-0.2, 0) is 16.9 Å². The minimum Gasteiger partial charge on any atom is -0.440 e. The van der Waals surface area contributed by atoms with E-state index in [4.69, 9.17) is 9.15 Å². The first kappa shape index (κ1) is 20.8. The molecule has 164 valence electrons. The number of nitrogens with zero attached hydrogens (tertiary/aromatic N) is 5. The van der Waals surface area contributed by atoms with E-state index >= 15 is 0 Å². The Morgan fingerprint density at radius 1 is 0.969 bits per heavy atom. The van der Waals surface area contributed by atoms with Crippen molar-refractivity contribution in [1.82, 2.24) is 19.7 Å². The summed E-state index contributed by atoms with van der Waals surface area (Å²) in [6, 6.07) is 18.4. The van der Waals surface area contributed by atoms with Gasteiger partial charge >= 0.3 is 0 Å². The summed E-state index contributed by atoms with van der Waals surface area (Å²) in [6.45, 7) is 5.17. The maximum Gasteiger partial charge on any atom is 0.232 e. The SMILES string of the molecule is CCc1ccccc1-n1c(SCc2ncc(-c3ccccc3)o2)nnc1N1CCOCC1. The third-order valence-electron chi connectivity index (χ3n) is 5.46. The third-order valence-corrected chi connectivity index (χ3v) is 6.37. The molecule has 1 aliphatic rings. The summed E-state index contributed by atoms with van der Waals surface area (Å²) in [5.41, 5.74) is 3.39. The molecule has 2 aromatic heterocycles. The Kier molecular flexibility index (Phi) is 6.22. The molecule has 0 spiro atoms. The molecule has 0 bridgehead atoms. The fraction of sp³-hybridized carbons (Fsp3) is 0.292. The number of thioether (sulfide) groups is 1. The normalized spacial score (nSPS) is 14.1. The fourth-order valence-corrected chi connectivity index (χ4v) is 4.60. The molecule has 0 unspecified atom stereocenters. The third kappa shape index (κ3) is 4.28. The number of morpholine rings is 1. The number of rotatable bonds is 7. The highest BCUT2D eigenvalue weighted by molar-refractivity contribution is 7.98. The highest BCUT2D eigenvalue weighted by Gasteiger charge is 2.23. The highest BCUT2D eigenvalue weighted by Crippen LogP contribution is 2.31. The molecule has 0 radical (unpaired) electrons. The Labute approximate surface area is 191 Å². The molecular formula is C24H25N5O2S. The minimum atomic E-state index is 0.572. The molecule has 4 aromatic rings. The van der Waals surface area contributed by atoms with Gasteiger partial charge in [0.2, 0.25) is 11.8 Å². The summed E-state index contributed by atoms with van der Waals surface area (Å²) in [5, 5.41) is 9.94. The van der Waals surface area contributed by atoms with E-state index in [1.165, 1.54) is 5.56 Å². The van der Waals surface area contributed by atoms with E-state index in [0.29, 0.717) is 24.9 Å². The second kappa shape index (κ2) is 9.58. The Bertz CT molecular complexity index is 1170. The number of para-hydroxylation sites is 1. The van der Waals surface area contributed by atoms with Gasteiger partial charge in [-0.25, -0.2) is 4.98 Å². The molecule has 0 saturated carbocycles. The molecule has 7 nitrogen and oxygen atoms in total. The second-order valence-electron chi connectivity index (χ2n) is 7.47. The predicted molar refractivity (Wildman–Crippen MR) is 125 cm³/mol. The first-order valence-corrected chi connectivity index (χ1v) is 11.8. The van der Waals surface area contributed by atoms with Crippen molar-refractivity contribution in [1.29, 1.82) is 0 Å². The van der Waals surface area contributed by atoms with Crippen molar-refractivity contribution in [2.75, 3.05) is 31.2 Å². The average molecular weight is 448 g/mol. The van der Waals surface area contributed by atoms with Crippen molar-refractivity contribution in [3.8, 4) is 17.0 Å². The zero-order valence-electron chi connectivity index (χ0n) is 18.0. The lowest BCUT2D eigenvalue weighted by molar-refractivity contribution is 0.122. The van der Waals surface area contributed by atoms with Crippen LogP contribution in [0.5, 0.6) is 0 Å². The molecule has 5 rings (SSSR count). The zero-order chi connectivity index (χ0) is 21.8. The topological polar surface area (TPSA) is 69.2 Å². The van der Waals surface area contributed by atoms with Crippen LogP contribution in [0.4, 0.5) is 5.95 Å². The molecule has 2 aromatic carbocycles. The maximum atomic E-state index is 5.99. The van der Waals surface area contributed by atoms with Crippen LogP contribution < -0.4 is 4.90 Å². The van der Waals surface area contributed by atoms with E-state index in [2.05, 4.69) is 55.8 Å². The molecule has 0 amide bonds. The van der Waals surface area contributed by atoms with Gasteiger partial charge in [0.05, 0.1) is 30.9 Å². The molecule has 1 fully saturated rings. The zero-order valence-corrected chi connectivity index (χ0v) is 18.8. The monoisotopic (exact) mass is 447 g/mol. The number of aromatic nitrogens is 4. The number of hydrogen-bond acceptors (Lipinski definition) is 7. The van der Waals surface area contributed by atoms with Crippen LogP contribution in [0.2, 0.25) is 0 Å². The van der Waals surface area contributed by atoms with Gasteiger partial charge in [-0.2, -0.15) is 0 Å². The molecule has 0 atom stereocenters. The molecule has 32 heavy (non-hydrogen) atoms. The van der Waals surface area contributed by atoms with Gasteiger partial charge in [-0.05, 0) is 18.1 Å². The van der Waals surface area contributed by atoms with Gasteiger partial charge in [0.15, 0.2) is 10.9 Å². The summed E-state index contributed by atoms with van der Waals surface area (Å²) in [7, 11) is 0. The first-order chi connectivity index (χ1) is 15.8. The van der Waals surface area contributed by atoms with Gasteiger partial charge in [0, 0.05) is 18.7 Å². The van der Waals surface area contributed by atoms with Crippen LogP contribution in [0.3, 0.4) is 0 Å². The van der Waals surface area contributed by atoms with Crippen molar-refractivity contribution >= 4 is 17.7 Å². The van der Waals surface area contributed by atoms with Crippen molar-refractivity contribution in [3.05, 3.63) is 72.2 Å². The molecule has 0 N–H and O–H groups in total. The van der Waals surface area contributed by atoms with Crippen LogP contribution in [0.1, 0.15) is 18.4 Å². The number of ether oxygens (including phenoxy) is 1. The summed E-state index contributed by atoms with van der Waals surface area (Å²) < 4.78 is 13.7. The van der Waals surface area contributed by atoms with Crippen molar-refractivity contribution < 1.29 is 9.15 Å². The van der Waals surface area contributed by atoms with Crippen LogP contribution in [0.25, 0.3) is 17.0 Å². The highest BCUT2D eigenvalue weighted by atomic mass is 32.2. The van der Waals surface area contributed by atoms with Gasteiger partial charge in [-0.1, -0.05) is 67.2 Å². The van der Waals surface area contributed by atoms with E-state index < -0.39 is 0 Å². The van der Waals surface area contributed by atoms with Crippen molar-refractivity contribution in [2.24, 2.45) is 0 Å². The molecule has 0 aliphatic carbocycles. The number of anilines is 1. The summed E-state index contributed by atoms with van der Waals surface area (Å²) in [6.07, 6.45) is 2.71. The number of hydrogen-bond donors (Lipinski definition) is 0. The van der Waals surface area contributed by atoms with Crippen molar-refractivity contribution in [3.63, 3.8) is 0 Å². The summed E-state index contributed by atoms with van der Waals surface area (Å²) in [5.74, 6) is 2.87. The van der Waals surface area contributed by atoms with E-state index in [-0.39, 0.29) is 0 Å². The Balaban J connectivity index is 1.44. The molecule has 1 saturated heterocycles. The minimum absolute atomic E-state index is 0.572. The molecular weight excluding hydrogens is 422 g/mol. The Morgan fingerprint density at radius 2 is 1.75 bits per heavy atom. The summed E-state index contributed by atoms with van der Waals surface area (Å²) in [4.78, 5) is 6.71. The van der Waals surface area contributed by atoms with E-state index in [9.17, 15) is 0 Å². The lowest BCUT2D eigenvalue weighted by atomic mass is 10.1. The maximum absolute atomic E-state index is 5.99. The quantitative estimate of drug-likeness (QED) is 0.383. The Hall–Kier alpha value is -3.10. The van der Waals surface area contributed by atoms with Crippen LogP contribution in [-0.4, -0.2) is 46.1 Å². The average Bonchev–Trinajstić information content (AvgIpc) is 3.51. The van der Waals surface area contributed by atoms with Crippen molar-refractivity contribution in [2.45, 2.75) is 24.3 Å². The van der Waals surface area contributed by atoms with Gasteiger partial charge in [-0.15, -0.1) is 10.2 Å². The van der Waals surface area contributed by atoms with Gasteiger partial charge in [0.25, 0.3) is 0 Å². The second-order valence-corrected chi connectivity index (χ2v) is 8.42. The molecule has 3 heterocycles. The predicted octanol–water partition coefficient (Wildman–Crippen LogP) is 4.61. The number of oxazole rings is 1. The van der Waals surface area contributed by atoms with Gasteiger partial charge in [0.1, 0.15) is 0 Å². The van der Waals surface area contributed by atoms with Crippen LogP contribution >= 0.6 is 11.8 Å². The largest absolute Gasteiger partial charge is 0.440 e. The number of benzene rings is 2. The smallest absolute Gasteiger partial charge is 0.232 e. The number of aryl methyl sites for hydroxylation is 1. The first-order valence-electron chi connectivity index (χ1n) is 10.8. The molecule has 8 heteroatoms. The standard InChI is InChI=1S/C24H25N5O2S/c1-2-18-8-6-7-11-20(18)29-23(28-12-14-30-15-13-28)26-27-24(29)32-17-22-25-16-21(31-22)19-9-4-3-5-10-19/h3-11,16H,2,12-15,17H2,1H3. The van der Waals surface area contributed by atoms with Crippen LogP contribution in [0.15, 0.2) is 70.4 Å². The van der Waals surface area contributed by atoms with Crippen LogP contribution in [0, 0.1) is 0 Å². The van der Waals surface area contributed by atoms with Gasteiger partial charge < -0.3 is 14.1 Å². The lowest BCUT2D eigenvalue weighted by Gasteiger charge is -2.28. The fourth-order valence-electron chi connectivity index (χ4n) is 3.80. The Morgan fingerprint density at radius 3 is 2.56 bits per heavy atom. The lowest BCUT2D eigenvalue weighted by Crippen LogP contribution is -2.38. The van der Waals surface area contributed by atoms with E-state index in [0.717, 1.165) is 47.6 Å². The molecule has 1 aliphatic heterocycles. The van der Waals surface area contributed by atoms with Gasteiger partial charge in [-0.3, -0.25) is 4.57 Å². The van der Waals surface area contributed by atoms with E-state index in [1.54, 1.807) is 18.0 Å². The van der Waals surface area contributed by atoms with E-state index in [1.807, 2.05) is 30.3 Å².